The van der Waals surface area contributed by atoms with Crippen molar-refractivity contribution in [2.45, 2.75) is 6.54 Å². The summed E-state index contributed by atoms with van der Waals surface area (Å²) in [6.45, 7) is 0.336. The molecule has 5 nitrogen and oxygen atoms in total. The van der Waals surface area contributed by atoms with Gasteiger partial charge in [-0.1, -0.05) is 0 Å². The predicted molar refractivity (Wildman–Crippen MR) is 79.4 cm³/mol. The molecular weight excluding hydrogens is 324 g/mol. The molecule has 0 saturated heterocycles. The Morgan fingerprint density at radius 3 is 2.20 bits per heavy atom. The first-order valence-corrected chi connectivity index (χ1v) is 6.71. The Morgan fingerprint density at radius 1 is 1.05 bits per heavy atom. The molecule has 2 N–H and O–H groups in total. The number of aromatic nitrogens is 1. The number of halogens is 1. The Hall–Kier alpha value is -1.79. The Morgan fingerprint density at radius 2 is 1.65 bits per heavy atom. The second-order valence-corrected chi connectivity index (χ2v) is 4.89. The molecule has 0 fully saturated rings. The van der Waals surface area contributed by atoms with Crippen molar-refractivity contribution in [2.24, 2.45) is 5.73 Å². The van der Waals surface area contributed by atoms with E-state index in [0.29, 0.717) is 29.7 Å². The van der Waals surface area contributed by atoms with Crippen LogP contribution in [0.15, 0.2) is 34.9 Å². The van der Waals surface area contributed by atoms with E-state index in [9.17, 15) is 0 Å². The van der Waals surface area contributed by atoms with Gasteiger partial charge in [-0.25, -0.2) is 4.98 Å². The van der Waals surface area contributed by atoms with E-state index < -0.39 is 0 Å². The van der Waals surface area contributed by atoms with Crippen LogP contribution < -0.4 is 19.9 Å². The van der Waals surface area contributed by atoms with Crippen LogP contribution in [0, 0.1) is 0 Å². The van der Waals surface area contributed by atoms with E-state index in [4.69, 9.17) is 19.9 Å². The zero-order valence-corrected chi connectivity index (χ0v) is 12.8. The lowest BCUT2D eigenvalue weighted by Gasteiger charge is -2.11. The molecule has 0 bridgehead atoms. The molecule has 0 amide bonds. The van der Waals surface area contributed by atoms with E-state index in [1.165, 1.54) is 0 Å². The molecule has 1 aromatic heterocycles. The number of nitrogens with zero attached hydrogens (tertiary/aromatic N) is 1. The molecule has 2 aromatic rings. The van der Waals surface area contributed by atoms with Crippen LogP contribution in [0.5, 0.6) is 23.1 Å². The highest BCUT2D eigenvalue weighted by Crippen LogP contribution is 2.31. The van der Waals surface area contributed by atoms with E-state index in [1.54, 1.807) is 38.6 Å². The van der Waals surface area contributed by atoms with Crippen molar-refractivity contribution in [3.63, 3.8) is 0 Å². The number of ether oxygens (including phenoxy) is 3. The molecule has 0 saturated carbocycles. The first kappa shape index (κ1) is 14.6. The largest absolute Gasteiger partial charge is 0.496 e. The number of pyridine rings is 1. The molecule has 1 aromatic carbocycles. The Bertz CT molecular complexity index is 583. The highest BCUT2D eigenvalue weighted by Gasteiger charge is 2.09. The van der Waals surface area contributed by atoms with Crippen molar-refractivity contribution in [3.05, 3.63) is 40.5 Å². The van der Waals surface area contributed by atoms with E-state index in [1.807, 2.05) is 6.07 Å². The lowest BCUT2D eigenvalue weighted by molar-refractivity contribution is 0.384. The average molecular weight is 339 g/mol. The van der Waals surface area contributed by atoms with Crippen LogP contribution in [0.25, 0.3) is 0 Å². The fourth-order valence-electron chi connectivity index (χ4n) is 1.66. The predicted octanol–water partition coefficient (Wildman–Crippen LogP) is 3.11. The minimum Gasteiger partial charge on any atom is -0.496 e. The van der Waals surface area contributed by atoms with Gasteiger partial charge in [0.2, 0.25) is 5.88 Å². The third-order valence-electron chi connectivity index (χ3n) is 2.65. The number of hydrogen-bond donors (Lipinski definition) is 1. The summed E-state index contributed by atoms with van der Waals surface area (Å²) in [5.74, 6) is 2.33. The molecule has 0 radical (unpaired) electrons. The van der Waals surface area contributed by atoms with Crippen molar-refractivity contribution < 1.29 is 14.2 Å². The molecule has 0 aliphatic rings. The van der Waals surface area contributed by atoms with Gasteiger partial charge in [-0.3, -0.25) is 0 Å². The third kappa shape index (κ3) is 3.40. The molecule has 0 atom stereocenters. The smallest absolute Gasteiger partial charge is 0.223 e. The van der Waals surface area contributed by atoms with Crippen molar-refractivity contribution >= 4 is 15.9 Å². The first-order chi connectivity index (χ1) is 9.66. The Kier molecular flexibility index (Phi) is 4.81. The number of rotatable bonds is 5. The minimum atomic E-state index is 0.336. The van der Waals surface area contributed by atoms with Gasteiger partial charge in [0.25, 0.3) is 0 Å². The van der Waals surface area contributed by atoms with Gasteiger partial charge in [0.1, 0.15) is 17.2 Å². The van der Waals surface area contributed by atoms with Crippen molar-refractivity contribution in [1.29, 1.82) is 0 Å². The molecule has 0 unspecified atom stereocenters. The molecule has 2 rings (SSSR count). The fourth-order valence-corrected chi connectivity index (χ4v) is 2.04. The summed E-state index contributed by atoms with van der Waals surface area (Å²) in [5, 5.41) is 0. The SMILES string of the molecule is COc1cc(OC)cc(Oc2ncc(Br)cc2CN)c1. The van der Waals surface area contributed by atoms with Crippen LogP contribution in [0.1, 0.15) is 5.56 Å². The molecule has 106 valence electrons. The lowest BCUT2D eigenvalue weighted by Crippen LogP contribution is -2.01. The number of hydrogen-bond acceptors (Lipinski definition) is 5. The lowest BCUT2D eigenvalue weighted by atomic mass is 10.2. The maximum absolute atomic E-state index is 5.77. The summed E-state index contributed by atoms with van der Waals surface area (Å²) in [4.78, 5) is 4.22. The second-order valence-electron chi connectivity index (χ2n) is 3.97. The molecule has 0 spiro atoms. The minimum absolute atomic E-state index is 0.336. The molecule has 0 aliphatic carbocycles. The van der Waals surface area contributed by atoms with Gasteiger partial charge in [0.05, 0.1) is 14.2 Å². The Labute approximate surface area is 125 Å². The van der Waals surface area contributed by atoms with Gasteiger partial charge in [0.15, 0.2) is 0 Å². The van der Waals surface area contributed by atoms with Gasteiger partial charge in [-0.05, 0) is 22.0 Å². The quantitative estimate of drug-likeness (QED) is 0.907. The monoisotopic (exact) mass is 338 g/mol. The maximum atomic E-state index is 5.77. The van der Waals surface area contributed by atoms with Gasteiger partial charge < -0.3 is 19.9 Å². The van der Waals surface area contributed by atoms with Crippen molar-refractivity contribution in [3.8, 4) is 23.1 Å². The summed E-state index contributed by atoms with van der Waals surface area (Å²) in [7, 11) is 3.17. The summed E-state index contributed by atoms with van der Waals surface area (Å²) >= 11 is 3.35. The standard InChI is InChI=1S/C14H15BrN2O3/c1-18-11-4-12(19-2)6-13(5-11)20-14-9(7-16)3-10(15)8-17-14/h3-6,8H,7,16H2,1-2H3. The van der Waals surface area contributed by atoms with Crippen LogP contribution in [0.4, 0.5) is 0 Å². The van der Waals surface area contributed by atoms with Gasteiger partial charge >= 0.3 is 0 Å². The van der Waals surface area contributed by atoms with Crippen LogP contribution in [0.2, 0.25) is 0 Å². The maximum Gasteiger partial charge on any atom is 0.223 e. The molecule has 0 aliphatic heterocycles. The molecular formula is C14H15BrN2O3. The topological polar surface area (TPSA) is 66.6 Å². The zero-order chi connectivity index (χ0) is 14.5. The van der Waals surface area contributed by atoms with E-state index in [-0.39, 0.29) is 0 Å². The highest BCUT2D eigenvalue weighted by molar-refractivity contribution is 9.10. The van der Waals surface area contributed by atoms with E-state index >= 15 is 0 Å². The van der Waals surface area contributed by atoms with Crippen LogP contribution in [0.3, 0.4) is 0 Å². The van der Waals surface area contributed by atoms with Crippen LogP contribution in [-0.4, -0.2) is 19.2 Å². The summed E-state index contributed by atoms with van der Waals surface area (Å²) < 4.78 is 17.0. The van der Waals surface area contributed by atoms with Crippen LogP contribution in [-0.2, 0) is 6.54 Å². The second kappa shape index (κ2) is 6.58. The van der Waals surface area contributed by atoms with Crippen LogP contribution >= 0.6 is 15.9 Å². The van der Waals surface area contributed by atoms with Gasteiger partial charge in [0, 0.05) is 41.0 Å². The van der Waals surface area contributed by atoms with E-state index in [0.717, 1.165) is 10.0 Å². The molecule has 6 heteroatoms. The summed E-state index contributed by atoms with van der Waals surface area (Å²) in [6.07, 6.45) is 1.66. The number of methoxy groups -OCH3 is 2. The van der Waals surface area contributed by atoms with Gasteiger partial charge in [-0.2, -0.15) is 0 Å². The van der Waals surface area contributed by atoms with E-state index in [2.05, 4.69) is 20.9 Å². The van der Waals surface area contributed by atoms with Crippen molar-refractivity contribution in [2.75, 3.05) is 14.2 Å². The first-order valence-electron chi connectivity index (χ1n) is 5.91. The number of nitrogens with two attached hydrogens (primary N) is 1. The Balaban J connectivity index is 2.34. The summed E-state index contributed by atoms with van der Waals surface area (Å²) in [5.41, 5.74) is 6.50. The normalized spacial score (nSPS) is 10.2. The zero-order valence-electron chi connectivity index (χ0n) is 11.2. The molecule has 1 heterocycles. The summed E-state index contributed by atoms with van der Waals surface area (Å²) in [6, 6.07) is 7.16. The average Bonchev–Trinajstić information content (AvgIpc) is 2.48. The van der Waals surface area contributed by atoms with Crippen molar-refractivity contribution in [1.82, 2.24) is 4.98 Å². The van der Waals surface area contributed by atoms with Gasteiger partial charge in [-0.15, -0.1) is 0 Å². The fraction of sp³-hybridized carbons (Fsp3) is 0.214. The molecule has 20 heavy (non-hydrogen) atoms. The number of benzene rings is 1. The highest BCUT2D eigenvalue weighted by atomic mass is 79.9. The third-order valence-corrected chi connectivity index (χ3v) is 3.09.